The molecule has 0 aromatic rings. The van der Waals surface area contributed by atoms with Gasteiger partial charge in [-0.3, -0.25) is 9.79 Å². The molecule has 2 fully saturated rings. The fraction of sp³-hybridized carbons (Fsp3) is 0.556. The van der Waals surface area contributed by atoms with Crippen molar-refractivity contribution in [1.29, 1.82) is 0 Å². The Labute approximate surface area is 137 Å². The molecule has 23 heavy (non-hydrogen) atoms. The van der Waals surface area contributed by atoms with Gasteiger partial charge in [-0.2, -0.15) is 0 Å². The zero-order chi connectivity index (χ0) is 16.6. The molecular formula is C18H25N3O2. The molecule has 1 unspecified atom stereocenters. The number of nitrogens with zero attached hydrogens (tertiary/aromatic N) is 1. The zero-order valence-corrected chi connectivity index (χ0v) is 14.1. The molecule has 0 aromatic heterocycles. The van der Waals surface area contributed by atoms with Gasteiger partial charge in [0, 0.05) is 17.3 Å². The second-order valence-corrected chi connectivity index (χ2v) is 7.17. The molecule has 0 bridgehead atoms. The van der Waals surface area contributed by atoms with Crippen molar-refractivity contribution in [2.75, 3.05) is 13.2 Å². The normalized spacial score (nSPS) is 26.8. The Balaban J connectivity index is 1.76. The van der Waals surface area contributed by atoms with E-state index in [4.69, 9.17) is 4.74 Å². The molecule has 124 valence electrons. The van der Waals surface area contributed by atoms with Crippen LogP contribution in [0.4, 0.5) is 0 Å². The van der Waals surface area contributed by atoms with Gasteiger partial charge in [0.05, 0.1) is 36.2 Å². The Morgan fingerprint density at radius 3 is 2.78 bits per heavy atom. The van der Waals surface area contributed by atoms with Crippen LogP contribution < -0.4 is 10.6 Å². The third-order valence-corrected chi connectivity index (χ3v) is 4.76. The highest BCUT2D eigenvalue weighted by molar-refractivity contribution is 6.15. The predicted molar refractivity (Wildman–Crippen MR) is 90.8 cm³/mol. The number of rotatable bonds is 5. The number of nitrogens with one attached hydrogen (secondary N) is 2. The van der Waals surface area contributed by atoms with Crippen LogP contribution >= 0.6 is 0 Å². The van der Waals surface area contributed by atoms with E-state index in [-0.39, 0.29) is 17.4 Å². The molecule has 2 N–H and O–H groups in total. The van der Waals surface area contributed by atoms with Gasteiger partial charge in [0.25, 0.3) is 5.91 Å². The summed E-state index contributed by atoms with van der Waals surface area (Å²) in [6.07, 6.45) is 6.06. The van der Waals surface area contributed by atoms with Gasteiger partial charge in [-0.15, -0.1) is 0 Å². The molecule has 0 aromatic carbocycles. The standard InChI is InChI=1S/C18H25N3O2/c1-5-14(12-6-7-12)20-16-11(2)19-8-13(16)17(22)21-15-9-23-10-18(15,3)4/h5,8,12,15,20H,2,6-7,9-10H2,1,3-4H3,(H,21,22)/b14-5-. The number of carbonyl (C=O) groups excluding carboxylic acids is 1. The van der Waals surface area contributed by atoms with E-state index in [1.807, 2.05) is 6.92 Å². The number of carbonyl (C=O) groups is 1. The van der Waals surface area contributed by atoms with E-state index in [2.05, 4.69) is 42.1 Å². The summed E-state index contributed by atoms with van der Waals surface area (Å²) in [6.45, 7) is 11.4. The number of allylic oxidation sites excluding steroid dienone is 2. The summed E-state index contributed by atoms with van der Waals surface area (Å²) in [5.74, 6) is 0.456. The van der Waals surface area contributed by atoms with Crippen molar-refractivity contribution in [1.82, 2.24) is 10.6 Å². The van der Waals surface area contributed by atoms with E-state index >= 15 is 0 Å². The largest absolute Gasteiger partial charge is 0.379 e. The third-order valence-electron chi connectivity index (χ3n) is 4.76. The van der Waals surface area contributed by atoms with Crippen molar-refractivity contribution in [3.05, 3.63) is 35.3 Å². The third kappa shape index (κ3) is 3.24. The van der Waals surface area contributed by atoms with Crippen LogP contribution in [0.15, 0.2) is 40.3 Å². The summed E-state index contributed by atoms with van der Waals surface area (Å²) < 4.78 is 5.50. The summed E-state index contributed by atoms with van der Waals surface area (Å²) >= 11 is 0. The molecule has 2 heterocycles. The van der Waals surface area contributed by atoms with Crippen LogP contribution in [0.3, 0.4) is 0 Å². The molecule has 1 amide bonds. The van der Waals surface area contributed by atoms with Crippen LogP contribution in [0.2, 0.25) is 0 Å². The highest BCUT2D eigenvalue weighted by Crippen LogP contribution is 2.36. The fourth-order valence-electron chi connectivity index (χ4n) is 2.93. The average Bonchev–Trinajstić information content (AvgIpc) is 3.20. The second-order valence-electron chi connectivity index (χ2n) is 7.17. The van der Waals surface area contributed by atoms with Gasteiger partial charge >= 0.3 is 0 Å². The molecule has 5 nitrogen and oxygen atoms in total. The van der Waals surface area contributed by atoms with Crippen LogP contribution in [0, 0.1) is 11.3 Å². The van der Waals surface area contributed by atoms with Crippen molar-refractivity contribution in [2.45, 2.75) is 39.7 Å². The van der Waals surface area contributed by atoms with Crippen molar-refractivity contribution < 1.29 is 9.53 Å². The Hall–Kier alpha value is -1.88. The molecule has 0 radical (unpaired) electrons. The quantitative estimate of drug-likeness (QED) is 0.818. The number of amides is 1. The van der Waals surface area contributed by atoms with E-state index in [9.17, 15) is 4.79 Å². The van der Waals surface area contributed by atoms with Gasteiger partial charge in [0.1, 0.15) is 0 Å². The monoisotopic (exact) mass is 315 g/mol. The Bertz CT molecular complexity index is 624. The smallest absolute Gasteiger partial charge is 0.255 e. The summed E-state index contributed by atoms with van der Waals surface area (Å²) in [5, 5.41) is 6.46. The maximum Gasteiger partial charge on any atom is 0.255 e. The lowest BCUT2D eigenvalue weighted by molar-refractivity contribution is -0.118. The molecule has 1 saturated carbocycles. The Morgan fingerprint density at radius 2 is 2.22 bits per heavy atom. The van der Waals surface area contributed by atoms with Crippen molar-refractivity contribution in [3.63, 3.8) is 0 Å². The maximum atomic E-state index is 12.7. The lowest BCUT2D eigenvalue weighted by Gasteiger charge is -2.25. The van der Waals surface area contributed by atoms with Crippen molar-refractivity contribution in [3.8, 4) is 0 Å². The second kappa shape index (κ2) is 5.96. The van der Waals surface area contributed by atoms with Crippen LogP contribution in [0.5, 0.6) is 0 Å². The first-order valence-corrected chi connectivity index (χ1v) is 8.22. The van der Waals surface area contributed by atoms with Gasteiger partial charge < -0.3 is 15.4 Å². The number of aliphatic imine (C=N–C) groups is 1. The number of hydrogen-bond donors (Lipinski definition) is 2. The van der Waals surface area contributed by atoms with Crippen LogP contribution in [0.1, 0.15) is 33.6 Å². The summed E-state index contributed by atoms with van der Waals surface area (Å²) in [4.78, 5) is 16.9. The minimum atomic E-state index is -0.121. The molecule has 3 rings (SSSR count). The summed E-state index contributed by atoms with van der Waals surface area (Å²) in [7, 11) is 0. The summed E-state index contributed by atoms with van der Waals surface area (Å²) in [5.41, 5.74) is 2.98. The maximum absolute atomic E-state index is 12.7. The van der Waals surface area contributed by atoms with Crippen molar-refractivity contribution >= 4 is 12.1 Å². The zero-order valence-electron chi connectivity index (χ0n) is 14.1. The van der Waals surface area contributed by atoms with E-state index in [1.54, 1.807) is 6.21 Å². The SMILES string of the molecule is C=C1N=CC(C(=O)NC2COCC2(C)C)=C1N/C(=C\C)C1CC1. The Kier molecular flexibility index (Phi) is 4.15. The van der Waals surface area contributed by atoms with Gasteiger partial charge in [-0.05, 0) is 25.7 Å². The molecular weight excluding hydrogens is 290 g/mol. The molecule has 5 heteroatoms. The van der Waals surface area contributed by atoms with E-state index in [0.29, 0.717) is 30.4 Å². The summed E-state index contributed by atoms with van der Waals surface area (Å²) in [6, 6.07) is 0.00985. The molecule has 1 saturated heterocycles. The molecule has 0 spiro atoms. The predicted octanol–water partition coefficient (Wildman–Crippen LogP) is 2.28. The van der Waals surface area contributed by atoms with Gasteiger partial charge in [0.2, 0.25) is 0 Å². The first-order valence-electron chi connectivity index (χ1n) is 8.22. The van der Waals surface area contributed by atoms with Crippen LogP contribution in [-0.2, 0) is 9.53 Å². The van der Waals surface area contributed by atoms with Crippen molar-refractivity contribution in [2.24, 2.45) is 16.3 Å². The highest BCUT2D eigenvalue weighted by atomic mass is 16.5. The lowest BCUT2D eigenvalue weighted by atomic mass is 9.88. The van der Waals surface area contributed by atoms with E-state index in [1.165, 1.54) is 12.8 Å². The Morgan fingerprint density at radius 1 is 1.48 bits per heavy atom. The van der Waals surface area contributed by atoms with E-state index in [0.717, 1.165) is 11.4 Å². The van der Waals surface area contributed by atoms with E-state index < -0.39 is 0 Å². The van der Waals surface area contributed by atoms with Gasteiger partial charge in [-0.25, -0.2) is 0 Å². The topological polar surface area (TPSA) is 62.7 Å². The molecule has 2 aliphatic heterocycles. The first kappa shape index (κ1) is 16.0. The number of ether oxygens (including phenoxy) is 1. The number of hydrogen-bond acceptors (Lipinski definition) is 4. The lowest BCUT2D eigenvalue weighted by Crippen LogP contribution is -2.45. The van der Waals surface area contributed by atoms with Crippen LogP contribution in [0.25, 0.3) is 0 Å². The van der Waals surface area contributed by atoms with Gasteiger partial charge in [0.15, 0.2) is 0 Å². The molecule has 1 aliphatic carbocycles. The highest BCUT2D eigenvalue weighted by Gasteiger charge is 2.38. The minimum Gasteiger partial charge on any atom is -0.379 e. The molecule has 1 atom stereocenters. The first-order chi connectivity index (χ1) is 10.9. The fourth-order valence-corrected chi connectivity index (χ4v) is 2.93. The minimum absolute atomic E-state index is 0.00985. The average molecular weight is 315 g/mol. The molecule has 3 aliphatic rings. The van der Waals surface area contributed by atoms with Crippen LogP contribution in [-0.4, -0.2) is 31.4 Å². The van der Waals surface area contributed by atoms with Gasteiger partial charge in [-0.1, -0.05) is 26.5 Å².